The van der Waals surface area contributed by atoms with Crippen LogP contribution in [0.3, 0.4) is 0 Å². The van der Waals surface area contributed by atoms with Crippen LogP contribution in [-0.2, 0) is 0 Å². The minimum atomic E-state index is -0.175. The zero-order valence-electron chi connectivity index (χ0n) is 17.3. The fourth-order valence-electron chi connectivity index (χ4n) is 3.51. The highest BCUT2D eigenvalue weighted by Crippen LogP contribution is 2.31. The summed E-state index contributed by atoms with van der Waals surface area (Å²) in [7, 11) is 0. The van der Waals surface area contributed by atoms with E-state index in [1.165, 1.54) is 0 Å². The fraction of sp³-hybridized carbons (Fsp3) is 0.304. The van der Waals surface area contributed by atoms with Gasteiger partial charge in [-0.15, -0.1) is 0 Å². The van der Waals surface area contributed by atoms with E-state index in [1.807, 2.05) is 48.7 Å². The summed E-state index contributed by atoms with van der Waals surface area (Å²) in [6, 6.07) is 10.1. The number of aryl methyl sites for hydroxylation is 3. The summed E-state index contributed by atoms with van der Waals surface area (Å²) in [6.45, 7) is 12.4. The van der Waals surface area contributed by atoms with Crippen molar-refractivity contribution in [3.8, 4) is 11.3 Å². The number of hydrogen-bond donors (Lipinski definition) is 2. The molecular formula is C23H26N4O. The monoisotopic (exact) mass is 374 g/mol. The molecule has 0 spiro atoms. The molecule has 5 nitrogen and oxygen atoms in total. The Hall–Kier alpha value is -3.08. The lowest BCUT2D eigenvalue weighted by atomic mass is 10.0. The van der Waals surface area contributed by atoms with Gasteiger partial charge in [0, 0.05) is 11.7 Å². The van der Waals surface area contributed by atoms with Gasteiger partial charge in [-0.3, -0.25) is 9.20 Å². The summed E-state index contributed by atoms with van der Waals surface area (Å²) >= 11 is 0. The van der Waals surface area contributed by atoms with Crippen molar-refractivity contribution in [1.29, 1.82) is 0 Å². The maximum absolute atomic E-state index is 13.0. The number of anilines is 1. The van der Waals surface area contributed by atoms with E-state index in [0.717, 1.165) is 39.1 Å². The molecule has 0 saturated carbocycles. The molecule has 3 heterocycles. The first-order valence-electron chi connectivity index (χ1n) is 9.54. The van der Waals surface area contributed by atoms with Gasteiger partial charge in [0.15, 0.2) is 0 Å². The first-order chi connectivity index (χ1) is 13.1. The number of fused-ring (bicyclic) bond motifs is 2. The molecule has 0 radical (unpaired) electrons. The van der Waals surface area contributed by atoms with Gasteiger partial charge in [-0.05, 0) is 75.8 Å². The molecule has 0 fully saturated rings. The van der Waals surface area contributed by atoms with Crippen LogP contribution in [0.1, 0.15) is 37.5 Å². The third-order valence-electron chi connectivity index (χ3n) is 5.07. The van der Waals surface area contributed by atoms with Gasteiger partial charge in [0.1, 0.15) is 17.2 Å². The lowest BCUT2D eigenvalue weighted by molar-refractivity contribution is 0.629. The van der Waals surface area contributed by atoms with Crippen molar-refractivity contribution in [2.24, 2.45) is 0 Å². The second kappa shape index (κ2) is 6.23. The number of rotatable bonds is 2. The highest BCUT2D eigenvalue weighted by atomic mass is 16.1. The normalized spacial score (nSPS) is 12.1. The molecule has 4 rings (SSSR count). The van der Waals surface area contributed by atoms with Crippen LogP contribution in [0.5, 0.6) is 0 Å². The minimum absolute atomic E-state index is 0.127. The standard InChI is InChI=1S/C23H26N4O/c1-13-7-10-18-24-20(21(27(18)12-13)26-23(4,5)6)17-11-16-9-8-14(2)15(3)19(16)25-22(17)28/h7-12,26H,1-6H3,(H,25,28). The number of nitrogens with zero attached hydrogens (tertiary/aromatic N) is 2. The van der Waals surface area contributed by atoms with Gasteiger partial charge < -0.3 is 10.3 Å². The molecule has 3 aromatic heterocycles. The van der Waals surface area contributed by atoms with Crippen molar-refractivity contribution in [2.75, 3.05) is 5.32 Å². The Morgan fingerprint density at radius 1 is 1.07 bits per heavy atom. The van der Waals surface area contributed by atoms with Gasteiger partial charge >= 0.3 is 0 Å². The van der Waals surface area contributed by atoms with E-state index >= 15 is 0 Å². The smallest absolute Gasteiger partial charge is 0.258 e. The van der Waals surface area contributed by atoms with Crippen LogP contribution >= 0.6 is 0 Å². The van der Waals surface area contributed by atoms with Crippen molar-refractivity contribution < 1.29 is 0 Å². The molecular weight excluding hydrogens is 348 g/mol. The molecule has 0 aliphatic carbocycles. The lowest BCUT2D eigenvalue weighted by Crippen LogP contribution is -2.27. The molecule has 1 aromatic carbocycles. The second-order valence-corrected chi connectivity index (χ2v) is 8.60. The summed E-state index contributed by atoms with van der Waals surface area (Å²) in [5, 5.41) is 4.55. The Labute approximate surface area is 164 Å². The van der Waals surface area contributed by atoms with E-state index < -0.39 is 0 Å². The minimum Gasteiger partial charge on any atom is -0.365 e. The van der Waals surface area contributed by atoms with Crippen molar-refractivity contribution in [1.82, 2.24) is 14.4 Å². The number of aromatic amines is 1. The highest BCUT2D eigenvalue weighted by molar-refractivity contribution is 5.88. The number of nitrogens with one attached hydrogen (secondary N) is 2. The van der Waals surface area contributed by atoms with E-state index in [4.69, 9.17) is 4.98 Å². The second-order valence-electron chi connectivity index (χ2n) is 8.60. The molecule has 4 aromatic rings. The van der Waals surface area contributed by atoms with Gasteiger partial charge in [0.25, 0.3) is 5.56 Å². The SMILES string of the molecule is Cc1ccc2nc(-c3cc4ccc(C)c(C)c4[nH]c3=O)c(NC(C)(C)C)n2c1. The lowest BCUT2D eigenvalue weighted by Gasteiger charge is -2.22. The molecule has 28 heavy (non-hydrogen) atoms. The van der Waals surface area contributed by atoms with Crippen LogP contribution in [-0.4, -0.2) is 19.9 Å². The number of imidazole rings is 1. The van der Waals surface area contributed by atoms with Crippen molar-refractivity contribution in [2.45, 2.75) is 47.1 Å². The molecule has 0 aliphatic rings. The van der Waals surface area contributed by atoms with Crippen LogP contribution in [0.4, 0.5) is 5.82 Å². The van der Waals surface area contributed by atoms with Crippen LogP contribution in [0.15, 0.2) is 41.3 Å². The topological polar surface area (TPSA) is 62.2 Å². The molecule has 0 amide bonds. The van der Waals surface area contributed by atoms with Gasteiger partial charge in [-0.25, -0.2) is 4.98 Å². The number of benzene rings is 1. The van der Waals surface area contributed by atoms with Gasteiger partial charge in [-0.1, -0.05) is 18.2 Å². The van der Waals surface area contributed by atoms with Gasteiger partial charge in [-0.2, -0.15) is 0 Å². The first-order valence-corrected chi connectivity index (χ1v) is 9.54. The van der Waals surface area contributed by atoms with E-state index in [2.05, 4.69) is 44.1 Å². The Morgan fingerprint density at radius 2 is 1.82 bits per heavy atom. The summed E-state index contributed by atoms with van der Waals surface area (Å²) in [5.41, 5.74) is 6.03. The van der Waals surface area contributed by atoms with Crippen molar-refractivity contribution >= 4 is 22.4 Å². The number of hydrogen-bond acceptors (Lipinski definition) is 3. The summed E-state index contributed by atoms with van der Waals surface area (Å²) in [4.78, 5) is 20.9. The van der Waals surface area contributed by atoms with Crippen molar-refractivity contribution in [3.05, 3.63) is 63.6 Å². The highest BCUT2D eigenvalue weighted by Gasteiger charge is 2.21. The molecule has 0 atom stereocenters. The van der Waals surface area contributed by atoms with E-state index in [1.54, 1.807) is 0 Å². The third kappa shape index (κ3) is 3.07. The van der Waals surface area contributed by atoms with E-state index in [9.17, 15) is 4.79 Å². The fourth-order valence-corrected chi connectivity index (χ4v) is 3.51. The third-order valence-corrected chi connectivity index (χ3v) is 5.07. The zero-order valence-corrected chi connectivity index (χ0v) is 17.3. The average Bonchev–Trinajstić information content (AvgIpc) is 2.94. The molecule has 0 unspecified atom stereocenters. The van der Waals surface area contributed by atoms with Crippen LogP contribution in [0.25, 0.3) is 27.8 Å². The zero-order chi connectivity index (χ0) is 20.2. The molecule has 0 aliphatic heterocycles. The summed E-state index contributed by atoms with van der Waals surface area (Å²) in [5.74, 6) is 0.833. The number of H-pyrrole nitrogens is 1. The number of pyridine rings is 2. The summed E-state index contributed by atoms with van der Waals surface area (Å²) < 4.78 is 2.03. The first kappa shape index (κ1) is 18.3. The number of aromatic nitrogens is 3. The maximum Gasteiger partial charge on any atom is 0.258 e. The average molecular weight is 374 g/mol. The summed E-state index contributed by atoms with van der Waals surface area (Å²) in [6.07, 6.45) is 2.04. The maximum atomic E-state index is 13.0. The molecule has 0 bridgehead atoms. The Kier molecular flexibility index (Phi) is 4.07. The Bertz CT molecular complexity index is 1270. The van der Waals surface area contributed by atoms with Crippen molar-refractivity contribution in [3.63, 3.8) is 0 Å². The van der Waals surface area contributed by atoms with Crippen LogP contribution in [0, 0.1) is 20.8 Å². The molecule has 0 saturated heterocycles. The van der Waals surface area contributed by atoms with Gasteiger partial charge in [0.05, 0.1) is 11.1 Å². The Morgan fingerprint density at radius 3 is 2.54 bits per heavy atom. The molecule has 5 heteroatoms. The largest absolute Gasteiger partial charge is 0.365 e. The predicted molar refractivity (Wildman–Crippen MR) is 116 cm³/mol. The van der Waals surface area contributed by atoms with E-state index in [0.29, 0.717) is 11.3 Å². The Balaban J connectivity index is 2.03. The molecule has 144 valence electrons. The van der Waals surface area contributed by atoms with Crippen LogP contribution in [0.2, 0.25) is 0 Å². The molecule has 2 N–H and O–H groups in total. The van der Waals surface area contributed by atoms with Crippen LogP contribution < -0.4 is 10.9 Å². The van der Waals surface area contributed by atoms with Gasteiger partial charge in [0.2, 0.25) is 0 Å². The van der Waals surface area contributed by atoms with E-state index in [-0.39, 0.29) is 11.1 Å². The predicted octanol–water partition coefficient (Wildman–Crippen LogP) is 4.98. The quantitative estimate of drug-likeness (QED) is 0.520.